The molecule has 0 amide bonds. The van der Waals surface area contributed by atoms with Crippen LogP contribution in [0.3, 0.4) is 0 Å². The van der Waals surface area contributed by atoms with Crippen LogP contribution in [0.4, 0.5) is 0 Å². The van der Waals surface area contributed by atoms with Crippen molar-refractivity contribution in [3.05, 3.63) is 0 Å². The van der Waals surface area contributed by atoms with Gasteiger partial charge in [0, 0.05) is 13.2 Å². The molecule has 1 heterocycles. The van der Waals surface area contributed by atoms with E-state index in [2.05, 4.69) is 5.32 Å². The normalized spacial score (nSPS) is 15.5. The Morgan fingerprint density at radius 1 is 1.08 bits per heavy atom. The van der Waals surface area contributed by atoms with Crippen molar-refractivity contribution < 1.29 is 8.85 Å². The van der Waals surface area contributed by atoms with Gasteiger partial charge >= 0.3 is 10.0 Å². The molecule has 3 nitrogen and oxygen atoms in total. The number of hydrogen-bond donors (Lipinski definition) is 1. The van der Waals surface area contributed by atoms with E-state index in [1.54, 1.807) is 0 Å². The Bertz CT molecular complexity index is 67.8. The minimum atomic E-state index is -0.589. The quantitative estimate of drug-likeness (QED) is 0.516. The predicted molar refractivity (Wildman–Crippen MR) is 53.9 cm³/mol. The van der Waals surface area contributed by atoms with Gasteiger partial charge in [-0.25, -0.2) is 0 Å². The lowest BCUT2D eigenvalue weighted by molar-refractivity contribution is 0.240. The molecule has 0 saturated carbocycles. The van der Waals surface area contributed by atoms with Crippen molar-refractivity contribution in [2.45, 2.75) is 26.7 Å². The summed E-state index contributed by atoms with van der Waals surface area (Å²) in [5.74, 6) is 0. The van der Waals surface area contributed by atoms with Crippen LogP contribution in [0.15, 0.2) is 0 Å². The van der Waals surface area contributed by atoms with Gasteiger partial charge in [-0.3, -0.25) is 0 Å². The average Bonchev–Trinajstić information content (AvgIpc) is 2.62. The van der Waals surface area contributed by atoms with Gasteiger partial charge in [-0.15, -0.1) is 0 Å². The first-order valence-corrected chi connectivity index (χ1v) is 5.93. The van der Waals surface area contributed by atoms with E-state index >= 15 is 0 Å². The van der Waals surface area contributed by atoms with Gasteiger partial charge in [0.25, 0.3) is 0 Å². The largest absolute Gasteiger partial charge is 0.399 e. The first-order chi connectivity index (χ1) is 5.91. The molecule has 12 heavy (non-hydrogen) atoms. The van der Waals surface area contributed by atoms with Crippen LogP contribution in [0, 0.1) is 0 Å². The van der Waals surface area contributed by atoms with Crippen LogP contribution in [0.5, 0.6) is 0 Å². The molecule has 0 bridgehead atoms. The van der Waals surface area contributed by atoms with Gasteiger partial charge in [-0.2, -0.15) is 0 Å². The van der Waals surface area contributed by atoms with Crippen LogP contribution in [-0.2, 0) is 8.85 Å². The Morgan fingerprint density at radius 3 is 1.83 bits per heavy atom. The highest BCUT2D eigenvalue weighted by Crippen LogP contribution is 1.90. The van der Waals surface area contributed by atoms with Crippen LogP contribution in [-0.4, -0.2) is 36.3 Å². The summed E-state index contributed by atoms with van der Waals surface area (Å²) in [6, 6.07) is 0. The van der Waals surface area contributed by atoms with E-state index in [-0.39, 0.29) is 0 Å². The smallest absolute Gasteiger partial charge is 0.304 e. The van der Waals surface area contributed by atoms with E-state index < -0.39 is 10.0 Å². The third-order valence-electron chi connectivity index (χ3n) is 1.53. The lowest BCUT2D eigenvalue weighted by Crippen LogP contribution is -2.03. The Hall–Kier alpha value is 0.0969. The average molecular weight is 191 g/mol. The summed E-state index contributed by atoms with van der Waals surface area (Å²) in [6.07, 6.45) is 2.78. The molecule has 74 valence electrons. The third-order valence-corrected chi connectivity index (χ3v) is 2.68. The standard InChI is InChI=1S/C4H9N.C4H12O2Si/c1-2-4-5-3-1;1-3-5-7-6-4-2/h5H,1-4H2;3-4,7H2,1-2H3. The van der Waals surface area contributed by atoms with Crippen molar-refractivity contribution in [3.63, 3.8) is 0 Å². The van der Waals surface area contributed by atoms with Crippen molar-refractivity contribution in [1.82, 2.24) is 5.32 Å². The van der Waals surface area contributed by atoms with Crippen LogP contribution in [0.1, 0.15) is 26.7 Å². The topological polar surface area (TPSA) is 30.5 Å². The van der Waals surface area contributed by atoms with E-state index in [4.69, 9.17) is 8.85 Å². The SMILES string of the molecule is C1CCNC1.CCO[SiH2]OCC. The van der Waals surface area contributed by atoms with Crippen LogP contribution < -0.4 is 5.32 Å². The summed E-state index contributed by atoms with van der Waals surface area (Å²) in [4.78, 5) is 0. The molecule has 0 radical (unpaired) electrons. The summed E-state index contributed by atoms with van der Waals surface area (Å²) in [6.45, 7) is 8.05. The van der Waals surface area contributed by atoms with Crippen LogP contribution in [0.25, 0.3) is 0 Å². The first-order valence-electron chi connectivity index (χ1n) is 4.78. The van der Waals surface area contributed by atoms with E-state index in [9.17, 15) is 0 Å². The van der Waals surface area contributed by atoms with E-state index in [0.29, 0.717) is 0 Å². The van der Waals surface area contributed by atoms with Gasteiger partial charge in [0.15, 0.2) is 0 Å². The second-order valence-corrected chi connectivity index (χ2v) is 3.61. The van der Waals surface area contributed by atoms with E-state index in [1.807, 2.05) is 13.8 Å². The lowest BCUT2D eigenvalue weighted by Gasteiger charge is -1.96. The Kier molecular flexibility index (Phi) is 11.2. The molecule has 0 aromatic heterocycles. The molecule has 1 aliphatic rings. The molecular formula is C8H21NO2Si. The Morgan fingerprint density at radius 2 is 1.58 bits per heavy atom. The number of hydrogen-bond acceptors (Lipinski definition) is 3. The summed E-state index contributed by atoms with van der Waals surface area (Å²) in [5.41, 5.74) is 0. The lowest BCUT2D eigenvalue weighted by atomic mass is 10.4. The zero-order valence-electron chi connectivity index (χ0n) is 8.27. The second-order valence-electron chi connectivity index (χ2n) is 2.56. The molecule has 0 aromatic carbocycles. The van der Waals surface area contributed by atoms with Crippen molar-refractivity contribution in [2.75, 3.05) is 26.3 Å². The maximum atomic E-state index is 4.99. The number of nitrogens with one attached hydrogen (secondary N) is 1. The second kappa shape index (κ2) is 11.1. The fourth-order valence-corrected chi connectivity index (χ4v) is 1.30. The molecular weight excluding hydrogens is 170 g/mol. The van der Waals surface area contributed by atoms with Gasteiger partial charge in [0.2, 0.25) is 0 Å². The van der Waals surface area contributed by atoms with Gasteiger partial charge in [0.05, 0.1) is 0 Å². The molecule has 0 aromatic rings. The van der Waals surface area contributed by atoms with Gasteiger partial charge in [0.1, 0.15) is 0 Å². The predicted octanol–water partition coefficient (Wildman–Crippen LogP) is 0.428. The van der Waals surface area contributed by atoms with Crippen LogP contribution >= 0.6 is 0 Å². The molecule has 0 aliphatic carbocycles. The highest BCUT2D eigenvalue weighted by atomic mass is 28.3. The van der Waals surface area contributed by atoms with E-state index in [1.165, 1.54) is 25.9 Å². The first kappa shape index (κ1) is 12.1. The minimum Gasteiger partial charge on any atom is -0.399 e. The summed E-state index contributed by atoms with van der Waals surface area (Å²) in [7, 11) is -0.589. The third kappa shape index (κ3) is 10.1. The molecule has 1 N–H and O–H groups in total. The molecule has 1 fully saturated rings. The van der Waals surface area contributed by atoms with Gasteiger partial charge in [-0.05, 0) is 39.8 Å². The molecule has 1 aliphatic heterocycles. The summed E-state index contributed by atoms with van der Waals surface area (Å²) in [5, 5.41) is 3.22. The zero-order valence-corrected chi connectivity index (χ0v) is 9.68. The molecule has 0 unspecified atom stereocenters. The Labute approximate surface area is 77.9 Å². The highest BCUT2D eigenvalue weighted by molar-refractivity contribution is 6.17. The minimum absolute atomic E-state index is 0.589. The van der Waals surface area contributed by atoms with Crippen LogP contribution in [0.2, 0.25) is 0 Å². The fourth-order valence-electron chi connectivity index (χ4n) is 0.851. The highest BCUT2D eigenvalue weighted by Gasteiger charge is 1.93. The zero-order chi connectivity index (χ0) is 9.07. The molecule has 0 atom stereocenters. The van der Waals surface area contributed by atoms with Crippen molar-refractivity contribution >= 4 is 10.0 Å². The van der Waals surface area contributed by atoms with Gasteiger partial charge in [-0.1, -0.05) is 0 Å². The Balaban J connectivity index is 0.000000211. The van der Waals surface area contributed by atoms with Crippen molar-refractivity contribution in [1.29, 1.82) is 0 Å². The molecule has 1 saturated heterocycles. The maximum absolute atomic E-state index is 4.99. The molecule has 4 heteroatoms. The number of rotatable bonds is 4. The maximum Gasteiger partial charge on any atom is 0.304 e. The van der Waals surface area contributed by atoms with Gasteiger partial charge < -0.3 is 14.2 Å². The monoisotopic (exact) mass is 191 g/mol. The van der Waals surface area contributed by atoms with Crippen molar-refractivity contribution in [3.8, 4) is 0 Å². The summed E-state index contributed by atoms with van der Waals surface area (Å²) < 4.78 is 9.98. The van der Waals surface area contributed by atoms with E-state index in [0.717, 1.165) is 13.2 Å². The summed E-state index contributed by atoms with van der Waals surface area (Å²) >= 11 is 0. The fraction of sp³-hybridized carbons (Fsp3) is 1.00. The van der Waals surface area contributed by atoms with Crippen molar-refractivity contribution in [2.24, 2.45) is 0 Å². The molecule has 0 spiro atoms. The molecule has 1 rings (SSSR count).